The monoisotopic (exact) mass is 419 g/mol. The van der Waals surface area contributed by atoms with Crippen LogP contribution in [0.2, 0.25) is 5.02 Å². The SMILES string of the molecule is CC(C)Cn1c(SCC(=O)Nc2ccccc2F)nc2ccc(Cl)cc2c1=O. The molecule has 1 N–H and O–H groups in total. The third-order valence-electron chi connectivity index (χ3n) is 3.91. The van der Waals surface area contributed by atoms with Gasteiger partial charge < -0.3 is 5.32 Å². The number of amides is 1. The minimum absolute atomic E-state index is 0.00202. The summed E-state index contributed by atoms with van der Waals surface area (Å²) in [6.45, 7) is 4.45. The van der Waals surface area contributed by atoms with Crippen molar-refractivity contribution in [2.24, 2.45) is 5.92 Å². The quantitative estimate of drug-likeness (QED) is 0.469. The molecule has 3 rings (SSSR count). The topological polar surface area (TPSA) is 64.0 Å². The number of rotatable bonds is 6. The maximum Gasteiger partial charge on any atom is 0.262 e. The van der Waals surface area contributed by atoms with Crippen LogP contribution in [0.3, 0.4) is 0 Å². The highest BCUT2D eigenvalue weighted by atomic mass is 35.5. The Labute approximate surface area is 170 Å². The van der Waals surface area contributed by atoms with Crippen LogP contribution < -0.4 is 10.9 Å². The fourth-order valence-electron chi connectivity index (χ4n) is 2.69. The fraction of sp³-hybridized carbons (Fsp3) is 0.250. The molecule has 28 heavy (non-hydrogen) atoms. The molecule has 1 amide bonds. The van der Waals surface area contributed by atoms with E-state index in [1.807, 2.05) is 13.8 Å². The standard InChI is InChI=1S/C20H19ClFN3O2S/c1-12(2)10-25-19(27)14-9-13(21)7-8-16(14)24-20(25)28-11-18(26)23-17-6-4-3-5-15(17)22/h3-9,12H,10-11H2,1-2H3,(H,23,26). The molecule has 1 aromatic heterocycles. The number of nitrogens with zero attached hydrogens (tertiary/aromatic N) is 2. The number of hydrogen-bond donors (Lipinski definition) is 1. The van der Waals surface area contributed by atoms with Crippen LogP contribution in [-0.4, -0.2) is 21.2 Å². The Morgan fingerprint density at radius 2 is 2.04 bits per heavy atom. The number of thioether (sulfide) groups is 1. The van der Waals surface area contributed by atoms with Crippen molar-refractivity contribution in [1.82, 2.24) is 9.55 Å². The minimum Gasteiger partial charge on any atom is -0.323 e. The molecular weight excluding hydrogens is 401 g/mol. The van der Waals surface area contributed by atoms with E-state index in [0.29, 0.717) is 27.6 Å². The lowest BCUT2D eigenvalue weighted by Crippen LogP contribution is -2.26. The molecule has 0 atom stereocenters. The van der Waals surface area contributed by atoms with E-state index in [4.69, 9.17) is 11.6 Å². The number of hydrogen-bond acceptors (Lipinski definition) is 4. The molecule has 1 heterocycles. The van der Waals surface area contributed by atoms with Crippen molar-refractivity contribution in [2.75, 3.05) is 11.1 Å². The molecule has 0 aliphatic carbocycles. The lowest BCUT2D eigenvalue weighted by Gasteiger charge is -2.15. The van der Waals surface area contributed by atoms with E-state index in [1.54, 1.807) is 34.9 Å². The van der Waals surface area contributed by atoms with Crippen LogP contribution in [0, 0.1) is 11.7 Å². The van der Waals surface area contributed by atoms with Gasteiger partial charge in [-0.2, -0.15) is 0 Å². The van der Waals surface area contributed by atoms with Crippen molar-refractivity contribution in [3.05, 3.63) is 63.7 Å². The molecule has 8 heteroatoms. The molecule has 0 fully saturated rings. The van der Waals surface area contributed by atoms with Crippen LogP contribution in [0.5, 0.6) is 0 Å². The maximum atomic E-state index is 13.7. The van der Waals surface area contributed by atoms with Gasteiger partial charge in [0.05, 0.1) is 22.3 Å². The highest BCUT2D eigenvalue weighted by Gasteiger charge is 2.15. The van der Waals surface area contributed by atoms with E-state index in [-0.39, 0.29) is 28.8 Å². The Morgan fingerprint density at radius 1 is 1.29 bits per heavy atom. The fourth-order valence-corrected chi connectivity index (χ4v) is 3.67. The number of halogens is 2. The first-order chi connectivity index (χ1) is 13.3. The van der Waals surface area contributed by atoms with Crippen molar-refractivity contribution >= 4 is 45.9 Å². The largest absolute Gasteiger partial charge is 0.323 e. The van der Waals surface area contributed by atoms with Crippen molar-refractivity contribution in [1.29, 1.82) is 0 Å². The molecule has 0 unspecified atom stereocenters. The van der Waals surface area contributed by atoms with Crippen LogP contribution in [0.15, 0.2) is 52.4 Å². The average molecular weight is 420 g/mol. The van der Waals surface area contributed by atoms with Gasteiger partial charge >= 0.3 is 0 Å². The number of anilines is 1. The highest BCUT2D eigenvalue weighted by molar-refractivity contribution is 7.99. The first-order valence-electron chi connectivity index (χ1n) is 8.72. The number of benzene rings is 2. The molecule has 0 bridgehead atoms. The third-order valence-corrected chi connectivity index (χ3v) is 5.12. The van der Waals surface area contributed by atoms with E-state index in [1.165, 1.54) is 12.1 Å². The maximum absolute atomic E-state index is 13.7. The van der Waals surface area contributed by atoms with Crippen LogP contribution in [-0.2, 0) is 11.3 Å². The van der Waals surface area contributed by atoms with E-state index in [2.05, 4.69) is 10.3 Å². The van der Waals surface area contributed by atoms with Gasteiger partial charge in [-0.1, -0.05) is 49.3 Å². The molecule has 5 nitrogen and oxygen atoms in total. The smallest absolute Gasteiger partial charge is 0.262 e. The van der Waals surface area contributed by atoms with Gasteiger partial charge in [-0.3, -0.25) is 14.2 Å². The van der Waals surface area contributed by atoms with Crippen LogP contribution in [0.25, 0.3) is 10.9 Å². The van der Waals surface area contributed by atoms with Gasteiger partial charge in [0, 0.05) is 11.6 Å². The van der Waals surface area contributed by atoms with Crippen molar-refractivity contribution in [2.45, 2.75) is 25.5 Å². The lowest BCUT2D eigenvalue weighted by molar-refractivity contribution is -0.113. The van der Waals surface area contributed by atoms with Crippen molar-refractivity contribution in [3.8, 4) is 0 Å². The molecule has 0 spiro atoms. The van der Waals surface area contributed by atoms with Crippen LogP contribution in [0.4, 0.5) is 10.1 Å². The summed E-state index contributed by atoms with van der Waals surface area (Å²) in [5.41, 5.74) is 0.443. The van der Waals surface area contributed by atoms with Crippen molar-refractivity contribution in [3.63, 3.8) is 0 Å². The molecular formula is C20H19ClFN3O2S. The second-order valence-electron chi connectivity index (χ2n) is 6.68. The number of aromatic nitrogens is 2. The highest BCUT2D eigenvalue weighted by Crippen LogP contribution is 2.22. The van der Waals surface area contributed by atoms with Gasteiger partial charge in [-0.15, -0.1) is 0 Å². The Morgan fingerprint density at radius 3 is 2.75 bits per heavy atom. The number of fused-ring (bicyclic) bond motifs is 1. The number of para-hydroxylation sites is 1. The van der Waals surface area contributed by atoms with Gasteiger partial charge in [0.1, 0.15) is 5.82 Å². The zero-order chi connectivity index (χ0) is 20.3. The molecule has 0 saturated heterocycles. The predicted molar refractivity (Wildman–Crippen MR) is 112 cm³/mol. The van der Waals surface area contributed by atoms with E-state index < -0.39 is 5.82 Å². The minimum atomic E-state index is -0.502. The summed E-state index contributed by atoms with van der Waals surface area (Å²) in [4.78, 5) is 29.7. The van der Waals surface area contributed by atoms with Crippen LogP contribution >= 0.6 is 23.4 Å². The summed E-state index contributed by atoms with van der Waals surface area (Å²) in [5, 5.41) is 3.88. The van der Waals surface area contributed by atoms with Crippen molar-refractivity contribution < 1.29 is 9.18 Å². The summed E-state index contributed by atoms with van der Waals surface area (Å²) < 4.78 is 15.3. The normalized spacial score (nSPS) is 11.2. The van der Waals surface area contributed by atoms with E-state index in [0.717, 1.165) is 11.8 Å². The van der Waals surface area contributed by atoms with Crippen LogP contribution in [0.1, 0.15) is 13.8 Å². The zero-order valence-corrected chi connectivity index (χ0v) is 17.0. The molecule has 2 aromatic carbocycles. The Hall–Kier alpha value is -2.38. The molecule has 0 radical (unpaired) electrons. The third kappa shape index (κ3) is 4.72. The predicted octanol–water partition coefficient (Wildman–Crippen LogP) is 4.58. The summed E-state index contributed by atoms with van der Waals surface area (Å²) in [6.07, 6.45) is 0. The number of carbonyl (C=O) groups is 1. The number of carbonyl (C=O) groups excluding carboxylic acids is 1. The van der Waals surface area contributed by atoms with Gasteiger partial charge in [0.15, 0.2) is 5.16 Å². The summed E-state index contributed by atoms with van der Waals surface area (Å²) in [7, 11) is 0. The molecule has 146 valence electrons. The summed E-state index contributed by atoms with van der Waals surface area (Å²) >= 11 is 7.16. The zero-order valence-electron chi connectivity index (χ0n) is 15.4. The summed E-state index contributed by atoms with van der Waals surface area (Å²) in [6, 6.07) is 10.9. The number of nitrogens with one attached hydrogen (secondary N) is 1. The van der Waals surface area contributed by atoms with Gasteiger partial charge in [-0.05, 0) is 36.2 Å². The molecule has 0 aliphatic rings. The Kier molecular flexibility index (Phi) is 6.36. The lowest BCUT2D eigenvalue weighted by atomic mass is 10.2. The molecule has 0 saturated carbocycles. The van der Waals surface area contributed by atoms with Gasteiger partial charge in [0.25, 0.3) is 5.56 Å². The Balaban J connectivity index is 1.87. The van der Waals surface area contributed by atoms with Gasteiger partial charge in [-0.25, -0.2) is 9.37 Å². The second-order valence-corrected chi connectivity index (χ2v) is 8.06. The van der Waals surface area contributed by atoms with E-state index in [9.17, 15) is 14.0 Å². The van der Waals surface area contributed by atoms with E-state index >= 15 is 0 Å². The van der Waals surface area contributed by atoms with Gasteiger partial charge in [0.2, 0.25) is 5.91 Å². The second kappa shape index (κ2) is 8.75. The Bertz CT molecular complexity index is 1080. The first kappa shape index (κ1) is 20.4. The molecule has 0 aliphatic heterocycles. The first-order valence-corrected chi connectivity index (χ1v) is 10.1. The molecule has 3 aromatic rings. The average Bonchev–Trinajstić information content (AvgIpc) is 2.65. The summed E-state index contributed by atoms with van der Waals surface area (Å²) in [5.74, 6) is -0.671.